The van der Waals surface area contributed by atoms with Crippen LogP contribution in [0, 0.1) is 0 Å². The molecule has 2 aromatic rings. The summed E-state index contributed by atoms with van der Waals surface area (Å²) in [6.45, 7) is 0.268. The number of hydrogen-bond donors (Lipinski definition) is 2. The average Bonchev–Trinajstić information content (AvgIpc) is 2.40. The number of rotatable bonds is 4. The maximum Gasteiger partial charge on any atom is 0.291 e. The van der Waals surface area contributed by atoms with E-state index in [1.54, 1.807) is 0 Å². The molecule has 0 bridgehead atoms. The summed E-state index contributed by atoms with van der Waals surface area (Å²) in [4.78, 5) is 30.1. The number of amides is 1. The Morgan fingerprint density at radius 1 is 1.11 bits per heavy atom. The van der Waals surface area contributed by atoms with E-state index in [1.165, 1.54) is 18.2 Å². The minimum atomic E-state index is -0.483. The highest BCUT2D eigenvalue weighted by Crippen LogP contribution is 1.99. The molecule has 2 N–H and O–H groups in total. The molecule has 0 aliphatic rings. The fourth-order valence-corrected chi connectivity index (χ4v) is 1.39. The zero-order chi connectivity index (χ0) is 12.8. The lowest BCUT2D eigenvalue weighted by Crippen LogP contribution is -2.26. The first-order valence-electron chi connectivity index (χ1n) is 5.41. The standard InChI is InChI=1S/C13H12N2O3/c16-12-8-4-7-11(14-12)13(17)15-18-9-10-5-2-1-3-6-10/h1-8H,9H2,(H,14,16)(H,15,17). The van der Waals surface area contributed by atoms with Gasteiger partial charge in [0.15, 0.2) is 0 Å². The van der Waals surface area contributed by atoms with Crippen LogP contribution in [-0.2, 0) is 11.4 Å². The number of pyridine rings is 1. The number of H-pyrrole nitrogens is 1. The molecule has 0 aliphatic carbocycles. The Balaban J connectivity index is 1.87. The van der Waals surface area contributed by atoms with Crippen molar-refractivity contribution in [1.82, 2.24) is 10.5 Å². The first kappa shape index (κ1) is 12.1. The first-order valence-corrected chi connectivity index (χ1v) is 5.41. The maximum absolute atomic E-state index is 11.6. The molecule has 0 fully saturated rings. The number of nitrogens with one attached hydrogen (secondary N) is 2. The summed E-state index contributed by atoms with van der Waals surface area (Å²) < 4.78 is 0. The SMILES string of the molecule is O=C(NOCc1ccccc1)c1cccc(=O)[nH]1. The van der Waals surface area contributed by atoms with Crippen molar-refractivity contribution in [2.24, 2.45) is 0 Å². The number of hydrogen-bond acceptors (Lipinski definition) is 3. The van der Waals surface area contributed by atoms with Gasteiger partial charge in [-0.1, -0.05) is 36.4 Å². The lowest BCUT2D eigenvalue weighted by Gasteiger charge is -2.05. The smallest absolute Gasteiger partial charge is 0.291 e. The van der Waals surface area contributed by atoms with Gasteiger partial charge in [-0.05, 0) is 11.6 Å². The number of aromatic nitrogens is 1. The van der Waals surface area contributed by atoms with Crippen LogP contribution in [-0.4, -0.2) is 10.9 Å². The number of benzene rings is 1. The second kappa shape index (κ2) is 5.79. The first-order chi connectivity index (χ1) is 8.75. The van der Waals surface area contributed by atoms with Crippen molar-refractivity contribution in [1.29, 1.82) is 0 Å². The molecule has 0 aliphatic heterocycles. The number of carbonyl (C=O) groups is 1. The van der Waals surface area contributed by atoms with E-state index < -0.39 is 5.91 Å². The van der Waals surface area contributed by atoms with Crippen LogP contribution in [0.4, 0.5) is 0 Å². The molecule has 0 saturated heterocycles. The summed E-state index contributed by atoms with van der Waals surface area (Å²) in [5, 5.41) is 0. The van der Waals surface area contributed by atoms with Crippen LogP contribution in [0.25, 0.3) is 0 Å². The Morgan fingerprint density at radius 3 is 2.61 bits per heavy atom. The fourth-order valence-electron chi connectivity index (χ4n) is 1.39. The van der Waals surface area contributed by atoms with E-state index in [9.17, 15) is 9.59 Å². The molecular formula is C13H12N2O3. The Bertz CT molecular complexity index is 578. The molecule has 5 nitrogen and oxygen atoms in total. The molecule has 1 heterocycles. The summed E-state index contributed by atoms with van der Waals surface area (Å²) in [6.07, 6.45) is 0. The van der Waals surface area contributed by atoms with Crippen LogP contribution in [0.5, 0.6) is 0 Å². The largest absolute Gasteiger partial charge is 0.318 e. The summed E-state index contributed by atoms with van der Waals surface area (Å²) in [6, 6.07) is 13.8. The van der Waals surface area contributed by atoms with Crippen molar-refractivity contribution < 1.29 is 9.63 Å². The van der Waals surface area contributed by atoms with E-state index in [0.29, 0.717) is 0 Å². The Hall–Kier alpha value is -2.40. The predicted octanol–water partition coefficient (Wildman–Crippen LogP) is 1.24. The summed E-state index contributed by atoms with van der Waals surface area (Å²) in [5.74, 6) is -0.483. The van der Waals surface area contributed by atoms with Crippen LogP contribution < -0.4 is 11.0 Å². The Morgan fingerprint density at radius 2 is 1.89 bits per heavy atom. The molecule has 1 amide bonds. The number of aromatic amines is 1. The molecule has 1 aromatic carbocycles. The summed E-state index contributed by atoms with van der Waals surface area (Å²) >= 11 is 0. The molecule has 2 rings (SSSR count). The highest BCUT2D eigenvalue weighted by molar-refractivity contribution is 5.91. The second-order valence-corrected chi connectivity index (χ2v) is 3.63. The molecular weight excluding hydrogens is 232 g/mol. The van der Waals surface area contributed by atoms with Crippen molar-refractivity contribution in [3.8, 4) is 0 Å². The minimum Gasteiger partial charge on any atom is -0.318 e. The van der Waals surface area contributed by atoms with Crippen LogP contribution in [0.15, 0.2) is 53.3 Å². The zero-order valence-electron chi connectivity index (χ0n) is 9.55. The average molecular weight is 244 g/mol. The van der Waals surface area contributed by atoms with Gasteiger partial charge in [-0.3, -0.25) is 14.4 Å². The van der Waals surface area contributed by atoms with Crippen molar-refractivity contribution >= 4 is 5.91 Å². The van der Waals surface area contributed by atoms with E-state index in [2.05, 4.69) is 10.5 Å². The minimum absolute atomic E-state index is 0.163. The number of hydroxylamine groups is 1. The fraction of sp³-hybridized carbons (Fsp3) is 0.0769. The monoisotopic (exact) mass is 244 g/mol. The van der Waals surface area contributed by atoms with Gasteiger partial charge in [0.25, 0.3) is 5.91 Å². The summed E-state index contributed by atoms with van der Waals surface area (Å²) in [7, 11) is 0. The van der Waals surface area contributed by atoms with Crippen molar-refractivity contribution in [2.45, 2.75) is 6.61 Å². The van der Waals surface area contributed by atoms with Gasteiger partial charge in [-0.15, -0.1) is 0 Å². The van der Waals surface area contributed by atoms with Crippen LogP contribution in [0.2, 0.25) is 0 Å². The third-order valence-electron chi connectivity index (χ3n) is 2.26. The quantitative estimate of drug-likeness (QED) is 0.795. The van der Waals surface area contributed by atoms with Crippen molar-refractivity contribution in [3.63, 3.8) is 0 Å². The van der Waals surface area contributed by atoms with Gasteiger partial charge in [-0.2, -0.15) is 0 Å². The van der Waals surface area contributed by atoms with E-state index in [0.717, 1.165) is 5.56 Å². The normalized spacial score (nSPS) is 10.0. The van der Waals surface area contributed by atoms with E-state index in [4.69, 9.17) is 4.84 Å². The predicted molar refractivity (Wildman–Crippen MR) is 65.8 cm³/mol. The molecule has 0 unspecified atom stereocenters. The van der Waals surface area contributed by atoms with Crippen LogP contribution in [0.3, 0.4) is 0 Å². The van der Waals surface area contributed by atoms with E-state index >= 15 is 0 Å². The van der Waals surface area contributed by atoms with Gasteiger partial charge >= 0.3 is 0 Å². The Labute approximate surface area is 103 Å². The van der Waals surface area contributed by atoms with E-state index in [1.807, 2.05) is 30.3 Å². The van der Waals surface area contributed by atoms with Crippen LogP contribution in [0.1, 0.15) is 16.1 Å². The zero-order valence-corrected chi connectivity index (χ0v) is 9.55. The van der Waals surface area contributed by atoms with Gasteiger partial charge < -0.3 is 4.98 Å². The van der Waals surface area contributed by atoms with E-state index in [-0.39, 0.29) is 17.9 Å². The lowest BCUT2D eigenvalue weighted by molar-refractivity contribution is 0.0229. The molecule has 1 aromatic heterocycles. The molecule has 0 radical (unpaired) electrons. The molecule has 5 heteroatoms. The van der Waals surface area contributed by atoms with Gasteiger partial charge in [0.05, 0.1) is 6.61 Å². The molecule has 0 saturated carbocycles. The van der Waals surface area contributed by atoms with Gasteiger partial charge in [-0.25, -0.2) is 5.48 Å². The third-order valence-corrected chi connectivity index (χ3v) is 2.26. The lowest BCUT2D eigenvalue weighted by atomic mass is 10.2. The topological polar surface area (TPSA) is 71.2 Å². The second-order valence-electron chi connectivity index (χ2n) is 3.63. The van der Waals surface area contributed by atoms with Gasteiger partial charge in [0.1, 0.15) is 5.69 Å². The van der Waals surface area contributed by atoms with Crippen molar-refractivity contribution in [2.75, 3.05) is 0 Å². The van der Waals surface area contributed by atoms with Gasteiger partial charge in [0.2, 0.25) is 5.56 Å². The van der Waals surface area contributed by atoms with Gasteiger partial charge in [0, 0.05) is 6.07 Å². The molecule has 92 valence electrons. The molecule has 0 spiro atoms. The third kappa shape index (κ3) is 3.29. The highest BCUT2D eigenvalue weighted by Gasteiger charge is 2.05. The summed E-state index contributed by atoms with van der Waals surface area (Å²) in [5.41, 5.74) is 3.04. The number of carbonyl (C=O) groups excluding carboxylic acids is 1. The molecule has 18 heavy (non-hydrogen) atoms. The van der Waals surface area contributed by atoms with Crippen molar-refractivity contribution in [3.05, 3.63) is 70.1 Å². The molecule has 0 atom stereocenters. The Kier molecular flexibility index (Phi) is 3.88. The van der Waals surface area contributed by atoms with Crippen LogP contribution >= 0.6 is 0 Å². The maximum atomic E-state index is 11.6. The highest BCUT2D eigenvalue weighted by atomic mass is 16.6.